The average molecular weight is 657 g/mol. The smallest absolute Gasteiger partial charge is 0.159 e. The number of benzene rings is 7. The van der Waals surface area contributed by atoms with Gasteiger partial charge in [-0.2, -0.15) is 0 Å². The molecule has 1 unspecified atom stereocenters. The zero-order valence-corrected chi connectivity index (χ0v) is 27.9. The molecule has 1 aliphatic rings. The Hall–Kier alpha value is -6.72. The molecule has 1 N–H and O–H groups in total. The van der Waals surface area contributed by atoms with E-state index in [1.165, 1.54) is 21.8 Å². The minimum atomic E-state index is -0.731. The van der Waals surface area contributed by atoms with E-state index in [-0.39, 0.29) is 0 Å². The Morgan fingerprint density at radius 3 is 2.02 bits per heavy atom. The molecule has 0 saturated carbocycles. The number of rotatable bonds is 5. The van der Waals surface area contributed by atoms with Gasteiger partial charge in [0.2, 0.25) is 0 Å². The van der Waals surface area contributed by atoms with E-state index in [9.17, 15) is 0 Å². The van der Waals surface area contributed by atoms with E-state index < -0.39 is 5.66 Å². The van der Waals surface area contributed by atoms with Gasteiger partial charge in [0.1, 0.15) is 17.0 Å². The minimum absolute atomic E-state index is 0.684. The summed E-state index contributed by atoms with van der Waals surface area (Å²) in [5.74, 6) is 1.44. The lowest BCUT2D eigenvalue weighted by atomic mass is 9.97. The van der Waals surface area contributed by atoms with Crippen LogP contribution >= 0.6 is 0 Å². The standard InChI is InChI=1S/C46H32N4O/c1-46(33-16-7-3-8-17-33)48-44(30-14-5-2-6-15-30)47-45(49-46)36-21-13-23-42-43(36)38-29-32(25-27-41(38)51-42)31-24-26-40-37(28-31)35-20-11-12-22-39(35)50(40)34-18-9-4-10-19-34/h2-29H,1H3,(H,47,48,49). The summed E-state index contributed by atoms with van der Waals surface area (Å²) in [5.41, 5.74) is 9.71. The van der Waals surface area contributed by atoms with Crippen LogP contribution in [-0.2, 0) is 5.66 Å². The molecule has 2 aromatic heterocycles. The highest BCUT2D eigenvalue weighted by atomic mass is 16.3. The molecule has 0 aliphatic carbocycles. The van der Waals surface area contributed by atoms with Gasteiger partial charge in [-0.1, -0.05) is 121 Å². The SMILES string of the molecule is CC1(c2ccccc2)N=C(c2ccccc2)N=C(c2cccc3oc4ccc(-c5ccc6c(c5)c5ccccc5n6-c5ccccc5)cc4c23)N1. The Morgan fingerprint density at radius 1 is 0.549 bits per heavy atom. The van der Waals surface area contributed by atoms with Gasteiger partial charge in [-0.3, -0.25) is 0 Å². The molecule has 0 fully saturated rings. The molecule has 51 heavy (non-hydrogen) atoms. The van der Waals surface area contributed by atoms with Gasteiger partial charge in [-0.15, -0.1) is 0 Å². The lowest BCUT2D eigenvalue weighted by Crippen LogP contribution is -2.46. The van der Waals surface area contributed by atoms with Crippen LogP contribution in [0.4, 0.5) is 0 Å². The van der Waals surface area contributed by atoms with E-state index >= 15 is 0 Å². The van der Waals surface area contributed by atoms with Gasteiger partial charge in [-0.25, -0.2) is 9.98 Å². The fraction of sp³-hybridized carbons (Fsp3) is 0.0435. The highest BCUT2D eigenvalue weighted by Gasteiger charge is 2.33. The summed E-state index contributed by atoms with van der Waals surface area (Å²) in [4.78, 5) is 10.3. The summed E-state index contributed by atoms with van der Waals surface area (Å²) in [5, 5.41) is 8.24. The Bertz CT molecular complexity index is 2830. The van der Waals surface area contributed by atoms with E-state index in [1.807, 2.05) is 48.5 Å². The zero-order valence-electron chi connectivity index (χ0n) is 27.9. The minimum Gasteiger partial charge on any atom is -0.456 e. The van der Waals surface area contributed by atoms with Crippen LogP contribution in [0.1, 0.15) is 23.6 Å². The first-order valence-corrected chi connectivity index (χ1v) is 17.3. The van der Waals surface area contributed by atoms with Crippen molar-refractivity contribution < 1.29 is 4.42 Å². The molecular weight excluding hydrogens is 625 g/mol. The summed E-state index contributed by atoms with van der Waals surface area (Å²) in [6, 6.07) is 59.3. The number of nitrogens with one attached hydrogen (secondary N) is 1. The number of aromatic nitrogens is 1. The van der Waals surface area contributed by atoms with Crippen molar-refractivity contribution in [1.82, 2.24) is 9.88 Å². The first kappa shape index (κ1) is 29.2. The molecule has 9 aromatic rings. The van der Waals surface area contributed by atoms with E-state index in [1.54, 1.807) is 0 Å². The summed E-state index contributed by atoms with van der Waals surface area (Å²) in [6.07, 6.45) is 0. The lowest BCUT2D eigenvalue weighted by molar-refractivity contribution is 0.455. The highest BCUT2D eigenvalue weighted by Crippen LogP contribution is 2.39. The maximum atomic E-state index is 6.49. The zero-order chi connectivity index (χ0) is 33.9. The van der Waals surface area contributed by atoms with Crippen molar-refractivity contribution in [3.8, 4) is 16.8 Å². The number of para-hydroxylation sites is 2. The van der Waals surface area contributed by atoms with E-state index in [2.05, 4.69) is 138 Å². The second-order valence-corrected chi connectivity index (χ2v) is 13.2. The summed E-state index contributed by atoms with van der Waals surface area (Å²) in [7, 11) is 0. The third kappa shape index (κ3) is 4.77. The molecule has 0 spiro atoms. The fourth-order valence-electron chi connectivity index (χ4n) is 7.58. The molecule has 242 valence electrons. The number of nitrogens with zero attached hydrogens (tertiary/aromatic N) is 3. The number of hydrogen-bond acceptors (Lipinski definition) is 4. The van der Waals surface area contributed by atoms with E-state index in [0.29, 0.717) is 5.84 Å². The molecule has 0 radical (unpaired) electrons. The summed E-state index contributed by atoms with van der Waals surface area (Å²) >= 11 is 0. The van der Waals surface area contributed by atoms with Crippen molar-refractivity contribution in [1.29, 1.82) is 0 Å². The lowest BCUT2D eigenvalue weighted by Gasteiger charge is -2.33. The third-order valence-corrected chi connectivity index (χ3v) is 10.0. The van der Waals surface area contributed by atoms with Crippen molar-refractivity contribution in [3.05, 3.63) is 187 Å². The van der Waals surface area contributed by atoms with Crippen LogP contribution in [0.25, 0.3) is 60.6 Å². The molecule has 1 aliphatic heterocycles. The Labute approximate surface area is 294 Å². The maximum Gasteiger partial charge on any atom is 0.159 e. The molecule has 7 aromatic carbocycles. The van der Waals surface area contributed by atoms with Gasteiger partial charge in [0, 0.05) is 38.4 Å². The van der Waals surface area contributed by atoms with Crippen molar-refractivity contribution in [2.24, 2.45) is 9.98 Å². The van der Waals surface area contributed by atoms with E-state index in [0.717, 1.165) is 61.3 Å². The van der Waals surface area contributed by atoms with Crippen LogP contribution in [0.2, 0.25) is 0 Å². The van der Waals surface area contributed by atoms with E-state index in [4.69, 9.17) is 14.4 Å². The average Bonchev–Trinajstić information content (AvgIpc) is 3.74. The van der Waals surface area contributed by atoms with Gasteiger partial charge in [0.15, 0.2) is 11.5 Å². The predicted octanol–water partition coefficient (Wildman–Crippen LogP) is 11.0. The van der Waals surface area contributed by atoms with Crippen LogP contribution in [-0.4, -0.2) is 16.2 Å². The maximum absolute atomic E-state index is 6.49. The second-order valence-electron chi connectivity index (χ2n) is 13.2. The van der Waals surface area contributed by atoms with Crippen molar-refractivity contribution in [2.75, 3.05) is 0 Å². The number of furan rings is 1. The van der Waals surface area contributed by atoms with Crippen LogP contribution in [0.5, 0.6) is 0 Å². The van der Waals surface area contributed by atoms with Gasteiger partial charge < -0.3 is 14.3 Å². The Morgan fingerprint density at radius 2 is 1.22 bits per heavy atom. The van der Waals surface area contributed by atoms with Crippen LogP contribution in [0.15, 0.2) is 184 Å². The molecule has 5 heteroatoms. The molecule has 10 rings (SSSR count). The topological polar surface area (TPSA) is 54.8 Å². The first-order valence-electron chi connectivity index (χ1n) is 17.3. The number of aliphatic imine (C=N–C) groups is 2. The monoisotopic (exact) mass is 656 g/mol. The quantitative estimate of drug-likeness (QED) is 0.200. The van der Waals surface area contributed by atoms with Crippen LogP contribution < -0.4 is 5.32 Å². The summed E-state index contributed by atoms with van der Waals surface area (Å²) in [6.45, 7) is 2.11. The van der Waals surface area contributed by atoms with Crippen molar-refractivity contribution >= 4 is 55.4 Å². The third-order valence-electron chi connectivity index (χ3n) is 10.0. The van der Waals surface area contributed by atoms with Crippen molar-refractivity contribution in [2.45, 2.75) is 12.6 Å². The Balaban J connectivity index is 1.14. The second kappa shape index (κ2) is 11.4. The first-order chi connectivity index (χ1) is 25.1. The molecule has 0 saturated heterocycles. The predicted molar refractivity (Wildman–Crippen MR) is 210 cm³/mol. The van der Waals surface area contributed by atoms with Crippen molar-refractivity contribution in [3.63, 3.8) is 0 Å². The molecule has 0 amide bonds. The Kier molecular flexibility index (Phi) is 6.55. The molecule has 3 heterocycles. The van der Waals surface area contributed by atoms with Gasteiger partial charge >= 0.3 is 0 Å². The molecular formula is C46H32N4O. The number of hydrogen-bond donors (Lipinski definition) is 1. The van der Waals surface area contributed by atoms with Gasteiger partial charge in [0.25, 0.3) is 0 Å². The van der Waals surface area contributed by atoms with Crippen LogP contribution in [0.3, 0.4) is 0 Å². The summed E-state index contributed by atoms with van der Waals surface area (Å²) < 4.78 is 8.84. The molecule has 5 nitrogen and oxygen atoms in total. The number of amidine groups is 2. The highest BCUT2D eigenvalue weighted by molar-refractivity contribution is 6.22. The van der Waals surface area contributed by atoms with Crippen LogP contribution in [0, 0.1) is 0 Å². The van der Waals surface area contributed by atoms with Gasteiger partial charge in [-0.05, 0) is 72.1 Å². The van der Waals surface area contributed by atoms with Gasteiger partial charge in [0.05, 0.1) is 11.0 Å². The normalized spacial score (nSPS) is 16.0. The number of fused-ring (bicyclic) bond motifs is 6. The molecule has 1 atom stereocenters. The fourth-order valence-corrected chi connectivity index (χ4v) is 7.58. The largest absolute Gasteiger partial charge is 0.456 e. The molecule has 0 bridgehead atoms.